The molecular weight excluding hydrogens is 416 g/mol. The van der Waals surface area contributed by atoms with Crippen molar-refractivity contribution in [3.8, 4) is 5.75 Å². The van der Waals surface area contributed by atoms with Gasteiger partial charge in [-0.05, 0) is 48.9 Å². The predicted molar refractivity (Wildman–Crippen MR) is 97.8 cm³/mol. The Hall–Kier alpha value is -2.61. The van der Waals surface area contributed by atoms with E-state index in [-0.39, 0.29) is 12.2 Å². The smallest absolute Gasteiger partial charge is 0.464 e. The molecule has 29 heavy (non-hydrogen) atoms. The van der Waals surface area contributed by atoms with Gasteiger partial charge in [-0.3, -0.25) is 4.79 Å². The highest BCUT2D eigenvalue weighted by molar-refractivity contribution is 6.30. The Morgan fingerprint density at radius 1 is 1.03 bits per heavy atom. The summed E-state index contributed by atoms with van der Waals surface area (Å²) in [5, 5.41) is 0.399. The van der Waals surface area contributed by atoms with Crippen molar-refractivity contribution in [3.05, 3.63) is 64.7 Å². The second kappa shape index (κ2) is 9.73. The van der Waals surface area contributed by atoms with Crippen LogP contribution < -0.4 is 4.74 Å². The minimum atomic E-state index is -4.86. The lowest BCUT2D eigenvalue weighted by molar-refractivity contribution is -0.274. The van der Waals surface area contributed by atoms with Crippen LogP contribution in [0.3, 0.4) is 0 Å². The number of halogens is 5. The fraction of sp³-hybridized carbons (Fsp3) is 0.300. The lowest BCUT2D eigenvalue weighted by Gasteiger charge is -2.18. The molecule has 0 bridgehead atoms. The Kier molecular flexibility index (Phi) is 7.61. The van der Waals surface area contributed by atoms with Gasteiger partial charge in [-0.2, -0.15) is 0 Å². The van der Waals surface area contributed by atoms with Crippen molar-refractivity contribution in [2.75, 3.05) is 6.61 Å². The summed E-state index contributed by atoms with van der Waals surface area (Å²) in [7, 11) is 0. The van der Waals surface area contributed by atoms with Crippen LogP contribution in [0.2, 0.25) is 5.02 Å². The van der Waals surface area contributed by atoms with Gasteiger partial charge in [0.15, 0.2) is 12.0 Å². The summed E-state index contributed by atoms with van der Waals surface area (Å²) in [6, 6.07) is 10.3. The quantitative estimate of drug-likeness (QED) is 0.314. The van der Waals surface area contributed by atoms with Gasteiger partial charge in [0.2, 0.25) is 0 Å². The predicted octanol–water partition coefficient (Wildman–Crippen LogP) is 5.50. The van der Waals surface area contributed by atoms with E-state index in [1.807, 2.05) is 0 Å². The average molecular weight is 433 g/mol. The van der Waals surface area contributed by atoms with E-state index in [0.29, 0.717) is 10.6 Å². The molecule has 0 aromatic heterocycles. The molecule has 0 aliphatic heterocycles. The van der Waals surface area contributed by atoms with Crippen molar-refractivity contribution in [3.63, 3.8) is 0 Å². The van der Waals surface area contributed by atoms with E-state index < -0.39 is 42.4 Å². The number of alkyl halides is 4. The zero-order valence-electron chi connectivity index (χ0n) is 15.2. The maximum atomic E-state index is 14.3. The van der Waals surface area contributed by atoms with Crippen LogP contribution in [0.15, 0.2) is 48.5 Å². The number of esters is 1. The van der Waals surface area contributed by atoms with Crippen LogP contribution in [0.4, 0.5) is 17.6 Å². The first-order valence-electron chi connectivity index (χ1n) is 8.57. The lowest BCUT2D eigenvalue weighted by Crippen LogP contribution is -2.25. The van der Waals surface area contributed by atoms with E-state index >= 15 is 0 Å². The molecule has 9 heteroatoms. The number of rotatable bonds is 8. The number of ether oxygens (including phenoxy) is 2. The summed E-state index contributed by atoms with van der Waals surface area (Å²) in [5.74, 6) is -3.22. The van der Waals surface area contributed by atoms with Gasteiger partial charge < -0.3 is 9.47 Å². The molecule has 0 aliphatic carbocycles. The number of benzene rings is 2. The maximum Gasteiger partial charge on any atom is 0.573 e. The minimum Gasteiger partial charge on any atom is -0.464 e. The van der Waals surface area contributed by atoms with E-state index in [9.17, 15) is 27.2 Å². The van der Waals surface area contributed by atoms with Crippen molar-refractivity contribution in [1.82, 2.24) is 0 Å². The van der Waals surface area contributed by atoms with Crippen LogP contribution in [-0.2, 0) is 9.53 Å². The molecule has 2 atom stereocenters. The highest BCUT2D eigenvalue weighted by Gasteiger charge is 2.32. The normalized spacial score (nSPS) is 13.4. The van der Waals surface area contributed by atoms with E-state index in [2.05, 4.69) is 9.47 Å². The average Bonchev–Trinajstić information content (AvgIpc) is 2.66. The van der Waals surface area contributed by atoms with Gasteiger partial charge in [-0.15, -0.1) is 13.2 Å². The van der Waals surface area contributed by atoms with Crippen LogP contribution in [0.5, 0.6) is 5.75 Å². The Morgan fingerprint density at radius 2 is 1.62 bits per heavy atom. The number of hydrogen-bond donors (Lipinski definition) is 0. The molecule has 2 aromatic carbocycles. The summed E-state index contributed by atoms with van der Waals surface area (Å²) in [5.41, 5.74) is 0.442. The third kappa shape index (κ3) is 6.74. The topological polar surface area (TPSA) is 52.6 Å². The fourth-order valence-corrected chi connectivity index (χ4v) is 2.77. The van der Waals surface area contributed by atoms with Crippen LogP contribution >= 0.6 is 11.6 Å². The minimum absolute atomic E-state index is 0.0144. The SMILES string of the molecule is CCOC(=O)[C@@H](F)CC(C(=O)c1ccc(OC(F)(F)F)cc1)c1ccc(Cl)cc1. The fourth-order valence-electron chi connectivity index (χ4n) is 2.65. The molecule has 0 heterocycles. The van der Waals surface area contributed by atoms with Crippen molar-refractivity contribution >= 4 is 23.4 Å². The molecule has 0 aliphatic rings. The zero-order valence-corrected chi connectivity index (χ0v) is 16.0. The number of carbonyl (C=O) groups excluding carboxylic acids is 2. The second-order valence-electron chi connectivity index (χ2n) is 6.00. The first kappa shape index (κ1) is 22.7. The molecule has 0 amide bonds. The molecule has 0 spiro atoms. The molecular formula is C20H17ClF4O4. The molecule has 0 saturated heterocycles. The van der Waals surface area contributed by atoms with E-state index in [1.54, 1.807) is 0 Å². The maximum absolute atomic E-state index is 14.3. The molecule has 1 unspecified atom stereocenters. The number of carbonyl (C=O) groups is 2. The largest absolute Gasteiger partial charge is 0.573 e. The van der Waals surface area contributed by atoms with Gasteiger partial charge in [0.05, 0.1) is 12.5 Å². The number of ketones is 1. The highest BCUT2D eigenvalue weighted by Crippen LogP contribution is 2.30. The lowest BCUT2D eigenvalue weighted by atomic mass is 9.86. The van der Waals surface area contributed by atoms with Crippen LogP contribution in [0.25, 0.3) is 0 Å². The third-order valence-corrected chi connectivity index (χ3v) is 4.20. The van der Waals surface area contributed by atoms with E-state index in [0.717, 1.165) is 24.3 Å². The van der Waals surface area contributed by atoms with Gasteiger partial charge in [0, 0.05) is 17.0 Å². The summed E-state index contributed by atoms with van der Waals surface area (Å²) < 4.78 is 59.6. The van der Waals surface area contributed by atoms with E-state index in [1.165, 1.54) is 31.2 Å². The Bertz CT molecular complexity index is 835. The van der Waals surface area contributed by atoms with Crippen molar-refractivity contribution in [2.45, 2.75) is 31.8 Å². The molecule has 156 valence electrons. The molecule has 0 saturated carbocycles. The van der Waals surface area contributed by atoms with E-state index in [4.69, 9.17) is 11.6 Å². The third-order valence-electron chi connectivity index (χ3n) is 3.95. The monoisotopic (exact) mass is 432 g/mol. The Labute approximate surface area is 169 Å². The van der Waals surface area contributed by atoms with Crippen molar-refractivity contribution in [2.24, 2.45) is 0 Å². The van der Waals surface area contributed by atoms with Crippen molar-refractivity contribution in [1.29, 1.82) is 0 Å². The molecule has 2 aromatic rings. The zero-order chi connectivity index (χ0) is 21.6. The summed E-state index contributed by atoms with van der Waals surface area (Å²) >= 11 is 5.84. The number of hydrogen-bond acceptors (Lipinski definition) is 4. The van der Waals surface area contributed by atoms with Crippen LogP contribution in [0, 0.1) is 0 Å². The van der Waals surface area contributed by atoms with Gasteiger partial charge in [0.25, 0.3) is 0 Å². The molecule has 0 N–H and O–H groups in total. The van der Waals surface area contributed by atoms with Gasteiger partial charge in [0.1, 0.15) is 5.75 Å². The summed E-state index contributed by atoms with van der Waals surface area (Å²) in [6.45, 7) is 1.51. The highest BCUT2D eigenvalue weighted by atomic mass is 35.5. The van der Waals surface area contributed by atoms with Crippen LogP contribution in [-0.4, -0.2) is 30.9 Å². The number of Topliss-reactive ketones (excluding diaryl/α,β-unsaturated/α-hetero) is 1. The molecule has 4 nitrogen and oxygen atoms in total. The molecule has 2 rings (SSSR count). The van der Waals surface area contributed by atoms with Crippen LogP contribution in [0.1, 0.15) is 35.2 Å². The first-order chi connectivity index (χ1) is 13.6. The molecule has 0 radical (unpaired) electrons. The first-order valence-corrected chi connectivity index (χ1v) is 8.94. The van der Waals surface area contributed by atoms with Gasteiger partial charge >= 0.3 is 12.3 Å². The van der Waals surface area contributed by atoms with Gasteiger partial charge in [-0.1, -0.05) is 23.7 Å². The van der Waals surface area contributed by atoms with Crippen molar-refractivity contribution < 1.29 is 36.6 Å². The summed E-state index contributed by atoms with van der Waals surface area (Å²) in [6.07, 6.45) is -7.40. The summed E-state index contributed by atoms with van der Waals surface area (Å²) in [4.78, 5) is 24.6. The Morgan fingerprint density at radius 3 is 2.14 bits per heavy atom. The van der Waals surface area contributed by atoms with Gasteiger partial charge in [-0.25, -0.2) is 9.18 Å². The molecule has 0 fully saturated rings. The standard InChI is InChI=1S/C20H17ClF4O4/c1-2-28-19(27)17(22)11-16(12-3-7-14(21)8-4-12)18(26)13-5-9-15(10-6-13)29-20(23,24)25/h3-10,16-17H,2,11H2,1H3/t16?,17-/m0/s1. The Balaban J connectivity index is 2.28. The second-order valence-corrected chi connectivity index (χ2v) is 6.43.